The third kappa shape index (κ3) is 3.05. The van der Waals surface area contributed by atoms with Crippen LogP contribution in [0.25, 0.3) is 0 Å². The van der Waals surface area contributed by atoms with Crippen molar-refractivity contribution in [2.45, 2.75) is 31.1 Å². The van der Waals surface area contributed by atoms with Crippen molar-refractivity contribution in [2.75, 3.05) is 7.05 Å². The van der Waals surface area contributed by atoms with Crippen LogP contribution in [0.15, 0.2) is 29.2 Å². The van der Waals surface area contributed by atoms with E-state index in [9.17, 15) is 0 Å². The summed E-state index contributed by atoms with van der Waals surface area (Å²) in [6, 6.07) is 8.65. The van der Waals surface area contributed by atoms with Crippen molar-refractivity contribution in [1.82, 2.24) is 4.72 Å². The molecule has 1 aromatic rings. The van der Waals surface area contributed by atoms with E-state index < -0.39 is 0 Å². The fraction of sp³-hybridized carbons (Fsp3) is 0.455. The van der Waals surface area contributed by atoms with Crippen LogP contribution < -0.4 is 4.72 Å². The minimum Gasteiger partial charge on any atom is -0.263 e. The van der Waals surface area contributed by atoms with E-state index in [-0.39, 0.29) is 5.41 Å². The molecule has 0 amide bonds. The highest BCUT2D eigenvalue weighted by atomic mass is 32.2. The molecule has 72 valence electrons. The molecule has 2 heteroatoms. The van der Waals surface area contributed by atoms with Crippen molar-refractivity contribution in [3.63, 3.8) is 0 Å². The molecule has 0 radical (unpaired) electrons. The van der Waals surface area contributed by atoms with E-state index in [2.05, 4.69) is 49.8 Å². The highest BCUT2D eigenvalue weighted by Gasteiger charge is 2.13. The summed E-state index contributed by atoms with van der Waals surface area (Å²) in [7, 11) is 1.94. The van der Waals surface area contributed by atoms with Crippen molar-refractivity contribution in [3.05, 3.63) is 29.8 Å². The monoisotopic (exact) mass is 195 g/mol. The first kappa shape index (κ1) is 10.6. The normalized spacial score (nSPS) is 11.7. The topological polar surface area (TPSA) is 12.0 Å². The van der Waals surface area contributed by atoms with Crippen LogP contribution in [-0.4, -0.2) is 7.05 Å². The Kier molecular flexibility index (Phi) is 3.40. The van der Waals surface area contributed by atoms with E-state index in [0.29, 0.717) is 0 Å². The van der Waals surface area contributed by atoms with Crippen LogP contribution in [0.1, 0.15) is 26.3 Å². The second-order valence-electron chi connectivity index (χ2n) is 4.08. The third-order valence-corrected chi connectivity index (χ3v) is 2.61. The van der Waals surface area contributed by atoms with Gasteiger partial charge in [0, 0.05) is 4.90 Å². The zero-order valence-corrected chi connectivity index (χ0v) is 9.53. The van der Waals surface area contributed by atoms with Crippen molar-refractivity contribution in [1.29, 1.82) is 0 Å². The van der Waals surface area contributed by atoms with Crippen LogP contribution in [-0.2, 0) is 5.41 Å². The Morgan fingerprint density at radius 2 is 1.92 bits per heavy atom. The number of nitrogens with one attached hydrogen (secondary N) is 1. The first-order valence-corrected chi connectivity index (χ1v) is 5.30. The minimum absolute atomic E-state index is 0.240. The Labute approximate surface area is 85.1 Å². The number of hydrogen-bond donors (Lipinski definition) is 1. The van der Waals surface area contributed by atoms with Crippen molar-refractivity contribution in [3.8, 4) is 0 Å². The first-order chi connectivity index (χ1) is 6.04. The molecule has 0 bridgehead atoms. The molecule has 0 unspecified atom stereocenters. The Morgan fingerprint density at radius 3 is 2.46 bits per heavy atom. The van der Waals surface area contributed by atoms with E-state index >= 15 is 0 Å². The van der Waals surface area contributed by atoms with Gasteiger partial charge in [-0.3, -0.25) is 4.72 Å². The van der Waals surface area contributed by atoms with Gasteiger partial charge in [-0.2, -0.15) is 0 Å². The highest BCUT2D eigenvalue weighted by molar-refractivity contribution is 7.97. The molecule has 0 fully saturated rings. The van der Waals surface area contributed by atoms with Crippen LogP contribution in [0.2, 0.25) is 0 Å². The second-order valence-corrected chi connectivity index (χ2v) is 5.17. The summed E-state index contributed by atoms with van der Waals surface area (Å²) in [6.07, 6.45) is 0. The van der Waals surface area contributed by atoms with Crippen molar-refractivity contribution >= 4 is 11.9 Å². The molecule has 13 heavy (non-hydrogen) atoms. The van der Waals surface area contributed by atoms with E-state index in [1.54, 1.807) is 11.9 Å². The third-order valence-electron chi connectivity index (χ3n) is 1.92. The Balaban J connectivity index is 2.92. The van der Waals surface area contributed by atoms with Gasteiger partial charge < -0.3 is 0 Å². The molecule has 1 N–H and O–H groups in total. The predicted molar refractivity (Wildman–Crippen MR) is 60.1 cm³/mol. The van der Waals surface area contributed by atoms with E-state index in [4.69, 9.17) is 0 Å². The predicted octanol–water partition coefficient (Wildman–Crippen LogP) is 3.21. The highest BCUT2D eigenvalue weighted by Crippen LogP contribution is 2.25. The average molecular weight is 195 g/mol. The first-order valence-electron chi connectivity index (χ1n) is 4.48. The zero-order valence-electron chi connectivity index (χ0n) is 8.72. The maximum Gasteiger partial charge on any atom is 0.0230 e. The van der Waals surface area contributed by atoms with Gasteiger partial charge in [0.1, 0.15) is 0 Å². The molecule has 1 nitrogen and oxygen atoms in total. The van der Waals surface area contributed by atoms with E-state index in [1.807, 2.05) is 7.05 Å². The summed E-state index contributed by atoms with van der Waals surface area (Å²) in [5.74, 6) is 0. The molecular weight excluding hydrogens is 178 g/mol. The summed E-state index contributed by atoms with van der Waals surface area (Å²) in [5.41, 5.74) is 1.62. The molecule has 0 heterocycles. The van der Waals surface area contributed by atoms with Gasteiger partial charge in [0.15, 0.2) is 0 Å². The summed E-state index contributed by atoms with van der Waals surface area (Å²) >= 11 is 1.66. The number of benzene rings is 1. The molecule has 0 aromatic heterocycles. The van der Waals surface area contributed by atoms with Crippen LogP contribution in [0, 0.1) is 0 Å². The summed E-state index contributed by atoms with van der Waals surface area (Å²) in [6.45, 7) is 6.70. The lowest BCUT2D eigenvalue weighted by Gasteiger charge is -2.19. The van der Waals surface area contributed by atoms with Gasteiger partial charge in [0.25, 0.3) is 0 Å². The molecule has 1 aromatic carbocycles. The second kappa shape index (κ2) is 4.16. The molecule has 0 aliphatic rings. The molecule has 0 aliphatic heterocycles. The fourth-order valence-electron chi connectivity index (χ4n) is 1.14. The molecule has 0 atom stereocenters. The summed E-state index contributed by atoms with van der Waals surface area (Å²) in [4.78, 5) is 1.27. The molecular formula is C11H17NS. The number of hydrogen-bond acceptors (Lipinski definition) is 2. The summed E-state index contributed by atoms with van der Waals surface area (Å²) in [5, 5.41) is 0. The van der Waals surface area contributed by atoms with Crippen LogP contribution in [0.4, 0.5) is 0 Å². The SMILES string of the molecule is CNSc1cccc(C(C)(C)C)c1. The van der Waals surface area contributed by atoms with Gasteiger partial charge in [0.05, 0.1) is 0 Å². The molecule has 0 saturated carbocycles. The van der Waals surface area contributed by atoms with Gasteiger partial charge in [0.2, 0.25) is 0 Å². The van der Waals surface area contributed by atoms with Crippen molar-refractivity contribution < 1.29 is 0 Å². The molecule has 1 rings (SSSR count). The molecule has 0 saturated heterocycles. The van der Waals surface area contributed by atoms with Gasteiger partial charge in [-0.05, 0) is 42.1 Å². The fourth-order valence-corrected chi connectivity index (χ4v) is 1.71. The Hall–Kier alpha value is -0.470. The van der Waals surface area contributed by atoms with Crippen LogP contribution in [0.5, 0.6) is 0 Å². The van der Waals surface area contributed by atoms with Crippen LogP contribution >= 0.6 is 11.9 Å². The largest absolute Gasteiger partial charge is 0.263 e. The zero-order chi connectivity index (χ0) is 9.90. The summed E-state index contributed by atoms with van der Waals surface area (Å²) < 4.78 is 3.08. The Bertz CT molecular complexity index is 276. The van der Waals surface area contributed by atoms with Crippen molar-refractivity contribution in [2.24, 2.45) is 0 Å². The lowest BCUT2D eigenvalue weighted by Crippen LogP contribution is -2.10. The minimum atomic E-state index is 0.240. The smallest absolute Gasteiger partial charge is 0.0230 e. The van der Waals surface area contributed by atoms with E-state index in [0.717, 1.165) is 0 Å². The molecule has 0 aliphatic carbocycles. The quantitative estimate of drug-likeness (QED) is 0.727. The van der Waals surface area contributed by atoms with Gasteiger partial charge >= 0.3 is 0 Å². The maximum absolute atomic E-state index is 3.08. The Morgan fingerprint density at radius 1 is 1.23 bits per heavy atom. The lowest BCUT2D eigenvalue weighted by atomic mass is 9.87. The van der Waals surface area contributed by atoms with Gasteiger partial charge in [-0.25, -0.2) is 0 Å². The van der Waals surface area contributed by atoms with Crippen LogP contribution in [0.3, 0.4) is 0 Å². The standard InChI is InChI=1S/C11H17NS/c1-11(2,3)9-6-5-7-10(8-9)13-12-4/h5-8,12H,1-4H3. The molecule has 0 spiro atoms. The van der Waals surface area contributed by atoms with Gasteiger partial charge in [-0.1, -0.05) is 32.9 Å². The average Bonchev–Trinajstić information content (AvgIpc) is 2.04. The maximum atomic E-state index is 3.08. The van der Waals surface area contributed by atoms with E-state index in [1.165, 1.54) is 10.5 Å². The lowest BCUT2D eigenvalue weighted by molar-refractivity contribution is 0.588. The van der Waals surface area contributed by atoms with Gasteiger partial charge in [-0.15, -0.1) is 0 Å². The number of rotatable bonds is 2.